The number of unbranched alkanes of at least 4 members (excludes halogenated alkanes) is 7. The lowest BCUT2D eigenvalue weighted by atomic mass is 10.00. The van der Waals surface area contributed by atoms with Gasteiger partial charge in [0.25, 0.3) is 6.10 Å². The third-order valence-corrected chi connectivity index (χ3v) is 7.21. The van der Waals surface area contributed by atoms with Crippen molar-refractivity contribution in [2.24, 2.45) is 0 Å². The minimum absolute atomic E-state index is 0.0717. The van der Waals surface area contributed by atoms with Crippen LogP contribution in [0, 0.1) is 0 Å². The van der Waals surface area contributed by atoms with Crippen LogP contribution in [-0.4, -0.2) is 36.8 Å². The Bertz CT molecular complexity index is 1350. The molecular weight excluding hydrogens is 585 g/mol. The predicted octanol–water partition coefficient (Wildman–Crippen LogP) is 9.30. The molecule has 45 heavy (non-hydrogen) atoms. The predicted molar refractivity (Wildman–Crippen MR) is 166 cm³/mol. The molecule has 3 aromatic carbocycles. The Morgan fingerprint density at radius 2 is 1.16 bits per heavy atom. The second kappa shape index (κ2) is 18.0. The average molecular weight is 627 g/mol. The van der Waals surface area contributed by atoms with Gasteiger partial charge in [0.2, 0.25) is 0 Å². The summed E-state index contributed by atoms with van der Waals surface area (Å²) < 4.78 is 54.0. The van der Waals surface area contributed by atoms with Gasteiger partial charge in [0.05, 0.1) is 17.7 Å². The van der Waals surface area contributed by atoms with Crippen molar-refractivity contribution in [1.82, 2.24) is 0 Å². The van der Waals surface area contributed by atoms with E-state index < -0.39 is 30.2 Å². The second-order valence-electron chi connectivity index (χ2n) is 10.9. The number of ether oxygens (including phenoxy) is 3. The van der Waals surface area contributed by atoms with Gasteiger partial charge in [-0.15, -0.1) is 0 Å². The molecule has 3 aromatic rings. The summed E-state index contributed by atoms with van der Waals surface area (Å²) in [4.78, 5) is 36.7. The van der Waals surface area contributed by atoms with Crippen LogP contribution in [0.25, 0.3) is 11.1 Å². The van der Waals surface area contributed by atoms with E-state index in [-0.39, 0.29) is 17.9 Å². The number of hydrogen-bond acceptors (Lipinski definition) is 6. The first-order chi connectivity index (χ1) is 21.6. The maximum Gasteiger partial charge on any atom is 0.436 e. The van der Waals surface area contributed by atoms with Gasteiger partial charge in [0.15, 0.2) is 0 Å². The first-order valence-corrected chi connectivity index (χ1v) is 15.6. The summed E-state index contributed by atoms with van der Waals surface area (Å²) in [6, 6.07) is 20.1. The number of carbonyl (C=O) groups excluding carboxylic acids is 3. The summed E-state index contributed by atoms with van der Waals surface area (Å²) in [6.45, 7) is 3.61. The molecule has 0 bridgehead atoms. The number of rotatable bonds is 17. The average Bonchev–Trinajstić information content (AvgIpc) is 3.03. The number of hydrogen-bond donors (Lipinski definition) is 0. The maximum atomic E-state index is 13.2. The summed E-state index contributed by atoms with van der Waals surface area (Å²) >= 11 is 0. The number of benzene rings is 3. The molecule has 0 amide bonds. The van der Waals surface area contributed by atoms with Crippen LogP contribution in [0.5, 0.6) is 5.75 Å². The molecule has 0 aliphatic carbocycles. The summed E-state index contributed by atoms with van der Waals surface area (Å²) in [7, 11) is 0. The van der Waals surface area contributed by atoms with E-state index in [1.807, 2.05) is 12.1 Å². The minimum Gasteiger partial charge on any atom is -0.463 e. The van der Waals surface area contributed by atoms with E-state index in [4.69, 9.17) is 4.74 Å². The van der Waals surface area contributed by atoms with E-state index in [2.05, 4.69) is 40.7 Å². The zero-order valence-electron chi connectivity index (χ0n) is 25.9. The number of carbonyl (C=O) groups is 3. The van der Waals surface area contributed by atoms with Crippen molar-refractivity contribution in [1.29, 1.82) is 0 Å². The molecule has 9 heteroatoms. The van der Waals surface area contributed by atoms with Crippen LogP contribution in [0.1, 0.15) is 97.9 Å². The van der Waals surface area contributed by atoms with Crippen LogP contribution in [0.15, 0.2) is 72.8 Å². The van der Waals surface area contributed by atoms with Gasteiger partial charge in [-0.3, -0.25) is 0 Å². The Kier molecular flexibility index (Phi) is 14.1. The van der Waals surface area contributed by atoms with E-state index >= 15 is 0 Å². The van der Waals surface area contributed by atoms with Crippen molar-refractivity contribution in [2.75, 3.05) is 6.61 Å². The van der Waals surface area contributed by atoms with E-state index in [0.717, 1.165) is 29.7 Å². The largest absolute Gasteiger partial charge is 0.463 e. The van der Waals surface area contributed by atoms with Crippen molar-refractivity contribution in [2.45, 2.75) is 90.3 Å². The second-order valence-corrected chi connectivity index (χ2v) is 10.9. The van der Waals surface area contributed by atoms with Crippen molar-refractivity contribution >= 4 is 17.9 Å². The number of aryl methyl sites for hydroxylation is 1. The van der Waals surface area contributed by atoms with Gasteiger partial charge in [-0.05, 0) is 72.4 Å². The van der Waals surface area contributed by atoms with E-state index in [1.54, 1.807) is 19.1 Å². The SMILES string of the molecule is CCCCCCCCCCc1ccc(-c2ccc(C(=O)Oc3ccc(C(=O)OC(C(=O)OCCC)C(F)(F)F)cc3)cc2)cc1. The van der Waals surface area contributed by atoms with Crippen LogP contribution in [0.2, 0.25) is 0 Å². The van der Waals surface area contributed by atoms with Gasteiger partial charge < -0.3 is 14.2 Å². The molecule has 1 unspecified atom stereocenters. The van der Waals surface area contributed by atoms with Gasteiger partial charge in [0.1, 0.15) is 5.75 Å². The Morgan fingerprint density at radius 3 is 1.71 bits per heavy atom. The number of halogens is 3. The monoisotopic (exact) mass is 626 g/mol. The molecule has 0 fully saturated rings. The van der Waals surface area contributed by atoms with Crippen LogP contribution < -0.4 is 4.74 Å². The molecule has 0 aromatic heterocycles. The molecule has 242 valence electrons. The van der Waals surface area contributed by atoms with E-state index in [0.29, 0.717) is 12.0 Å². The van der Waals surface area contributed by atoms with Crippen molar-refractivity contribution in [3.05, 3.63) is 89.5 Å². The molecule has 0 saturated heterocycles. The quantitative estimate of drug-likeness (QED) is 0.0844. The third kappa shape index (κ3) is 11.7. The fourth-order valence-electron chi connectivity index (χ4n) is 4.65. The number of alkyl halides is 3. The Balaban J connectivity index is 1.49. The Labute approximate surface area is 262 Å². The van der Waals surface area contributed by atoms with Crippen LogP contribution in [0.3, 0.4) is 0 Å². The molecule has 0 aliphatic rings. The summed E-state index contributed by atoms with van der Waals surface area (Å²) in [5, 5.41) is 0. The molecule has 0 saturated carbocycles. The highest BCUT2D eigenvalue weighted by molar-refractivity contribution is 5.93. The molecule has 0 spiro atoms. The molecular formula is C36H41F3O6. The molecule has 0 N–H and O–H groups in total. The Morgan fingerprint density at radius 1 is 0.644 bits per heavy atom. The summed E-state index contributed by atoms with van der Waals surface area (Å²) in [6.07, 6.45) is 3.52. The highest BCUT2D eigenvalue weighted by Crippen LogP contribution is 2.26. The molecule has 0 heterocycles. The fourth-order valence-corrected chi connectivity index (χ4v) is 4.65. The van der Waals surface area contributed by atoms with Crippen LogP contribution in [0.4, 0.5) is 13.2 Å². The van der Waals surface area contributed by atoms with Gasteiger partial charge in [-0.25, -0.2) is 14.4 Å². The highest BCUT2D eigenvalue weighted by Gasteiger charge is 2.49. The van der Waals surface area contributed by atoms with Gasteiger partial charge >= 0.3 is 24.1 Å². The molecule has 6 nitrogen and oxygen atoms in total. The minimum atomic E-state index is -5.14. The van der Waals surface area contributed by atoms with Crippen molar-refractivity contribution in [3.63, 3.8) is 0 Å². The zero-order valence-corrected chi connectivity index (χ0v) is 25.9. The fraction of sp³-hybridized carbons (Fsp3) is 0.417. The first-order valence-electron chi connectivity index (χ1n) is 15.6. The molecule has 1 atom stereocenters. The van der Waals surface area contributed by atoms with Crippen LogP contribution in [-0.2, 0) is 20.7 Å². The molecule has 0 aliphatic heterocycles. The van der Waals surface area contributed by atoms with Gasteiger partial charge in [-0.2, -0.15) is 13.2 Å². The Hall–Kier alpha value is -4.14. The zero-order chi connectivity index (χ0) is 32.7. The topological polar surface area (TPSA) is 78.9 Å². The lowest BCUT2D eigenvalue weighted by Gasteiger charge is -2.19. The highest BCUT2D eigenvalue weighted by atomic mass is 19.4. The third-order valence-electron chi connectivity index (χ3n) is 7.21. The standard InChI is InChI=1S/C36H41F3O6/c1-3-5-6-7-8-9-10-11-12-26-13-15-27(16-14-26)28-17-19-29(20-18-28)33(40)44-31-23-21-30(22-24-31)34(41)45-32(36(37,38)39)35(42)43-25-4-2/h13-24,32H,3-12,25H2,1-2H3. The summed E-state index contributed by atoms with van der Waals surface area (Å²) in [5.41, 5.74) is 3.32. The van der Waals surface area contributed by atoms with E-state index in [9.17, 15) is 27.6 Å². The van der Waals surface area contributed by atoms with Gasteiger partial charge in [0, 0.05) is 0 Å². The smallest absolute Gasteiger partial charge is 0.436 e. The molecule has 0 radical (unpaired) electrons. The lowest BCUT2D eigenvalue weighted by molar-refractivity contribution is -0.218. The van der Waals surface area contributed by atoms with Crippen molar-refractivity contribution < 1.29 is 41.8 Å². The van der Waals surface area contributed by atoms with E-state index in [1.165, 1.54) is 69.1 Å². The first kappa shape index (κ1) is 35.3. The molecule has 3 rings (SSSR count). The normalized spacial score (nSPS) is 11.9. The van der Waals surface area contributed by atoms with Crippen LogP contribution >= 0.6 is 0 Å². The van der Waals surface area contributed by atoms with Gasteiger partial charge in [-0.1, -0.05) is 95.2 Å². The number of esters is 3. The lowest BCUT2D eigenvalue weighted by Crippen LogP contribution is -2.42. The maximum absolute atomic E-state index is 13.2. The van der Waals surface area contributed by atoms with Crippen molar-refractivity contribution in [3.8, 4) is 16.9 Å². The summed E-state index contributed by atoms with van der Waals surface area (Å²) in [5.74, 6) is -3.64.